The van der Waals surface area contributed by atoms with E-state index in [2.05, 4.69) is 10.6 Å². The zero-order valence-electron chi connectivity index (χ0n) is 15.2. The van der Waals surface area contributed by atoms with Gasteiger partial charge in [-0.1, -0.05) is 0 Å². The predicted octanol–water partition coefficient (Wildman–Crippen LogP) is -0.621. The number of fused-ring (bicyclic) bond motifs is 1. The van der Waals surface area contributed by atoms with E-state index in [9.17, 15) is 34.5 Å². The zero-order chi connectivity index (χ0) is 22.6. The van der Waals surface area contributed by atoms with Crippen LogP contribution in [0.4, 0.5) is 5.69 Å². The standard InChI is InChI=1S/C18H18N2O10/c21-4-3-19-10-5-9(18(29)30)12-7(16(25)26)1-2-8(17(27)28)13(12)14(10)15(24)20-6-11(22)23/h1-2,5,11,19,21-23H,3-4,6H2,(H,20,24)(H,25,26)(H,27,28)(H,29,30). The Bertz CT molecular complexity index is 1030. The van der Waals surface area contributed by atoms with E-state index in [4.69, 9.17) is 15.3 Å². The maximum atomic E-state index is 12.8. The molecule has 2 aromatic rings. The summed E-state index contributed by atoms with van der Waals surface area (Å²) in [7, 11) is 0. The van der Waals surface area contributed by atoms with Gasteiger partial charge in [-0.05, 0) is 18.2 Å². The van der Waals surface area contributed by atoms with E-state index in [1.807, 2.05) is 0 Å². The molecule has 12 heteroatoms. The Hall–Kier alpha value is -3.74. The molecule has 1 amide bonds. The molecule has 0 saturated heterocycles. The average molecular weight is 422 g/mol. The first-order valence-electron chi connectivity index (χ1n) is 8.42. The second-order valence-electron chi connectivity index (χ2n) is 6.01. The van der Waals surface area contributed by atoms with Crippen molar-refractivity contribution in [2.45, 2.75) is 6.29 Å². The highest BCUT2D eigenvalue weighted by atomic mass is 16.5. The summed E-state index contributed by atoms with van der Waals surface area (Å²) in [5, 5.41) is 59.5. The number of carbonyl (C=O) groups excluding carboxylic acids is 1. The van der Waals surface area contributed by atoms with Gasteiger partial charge in [0.1, 0.15) is 0 Å². The van der Waals surface area contributed by atoms with Crippen molar-refractivity contribution in [2.75, 3.05) is 25.0 Å². The molecule has 0 radical (unpaired) electrons. The SMILES string of the molecule is O=C(O)c1ccc(C(=O)O)c2c(C(=O)NCC(O)O)c(NCCO)cc(C(=O)O)c12. The first-order valence-corrected chi connectivity index (χ1v) is 8.42. The van der Waals surface area contributed by atoms with Gasteiger partial charge in [0, 0.05) is 23.0 Å². The van der Waals surface area contributed by atoms with E-state index in [1.54, 1.807) is 0 Å². The van der Waals surface area contributed by atoms with Crippen molar-refractivity contribution >= 4 is 40.3 Å². The lowest BCUT2D eigenvalue weighted by Crippen LogP contribution is -2.33. The fourth-order valence-electron chi connectivity index (χ4n) is 2.93. The van der Waals surface area contributed by atoms with Crippen LogP contribution in [0.25, 0.3) is 10.8 Å². The van der Waals surface area contributed by atoms with E-state index in [0.29, 0.717) is 0 Å². The van der Waals surface area contributed by atoms with Gasteiger partial charge >= 0.3 is 17.9 Å². The molecule has 0 aliphatic rings. The molecule has 30 heavy (non-hydrogen) atoms. The predicted molar refractivity (Wildman–Crippen MR) is 101 cm³/mol. The van der Waals surface area contributed by atoms with Gasteiger partial charge in [0.05, 0.1) is 35.4 Å². The summed E-state index contributed by atoms with van der Waals surface area (Å²) in [6.45, 7) is -1.20. The lowest BCUT2D eigenvalue weighted by Gasteiger charge is -2.19. The molecule has 0 aromatic heterocycles. The Kier molecular flexibility index (Phi) is 6.89. The minimum absolute atomic E-state index is 0.144. The number of aliphatic hydroxyl groups excluding tert-OH is 2. The van der Waals surface area contributed by atoms with E-state index >= 15 is 0 Å². The number of hydrogen-bond acceptors (Lipinski definition) is 8. The van der Waals surface area contributed by atoms with Crippen LogP contribution in [0.3, 0.4) is 0 Å². The molecule has 0 unspecified atom stereocenters. The Morgan fingerprint density at radius 2 is 1.40 bits per heavy atom. The van der Waals surface area contributed by atoms with Crippen molar-refractivity contribution in [2.24, 2.45) is 0 Å². The van der Waals surface area contributed by atoms with Crippen LogP contribution >= 0.6 is 0 Å². The van der Waals surface area contributed by atoms with Gasteiger partial charge in [0.2, 0.25) is 0 Å². The van der Waals surface area contributed by atoms with E-state index in [0.717, 1.165) is 18.2 Å². The zero-order valence-corrected chi connectivity index (χ0v) is 15.2. The maximum absolute atomic E-state index is 12.8. The van der Waals surface area contributed by atoms with Crippen LogP contribution < -0.4 is 10.6 Å². The second-order valence-corrected chi connectivity index (χ2v) is 6.01. The van der Waals surface area contributed by atoms with Crippen LogP contribution in [0, 0.1) is 0 Å². The highest BCUT2D eigenvalue weighted by Crippen LogP contribution is 2.35. The van der Waals surface area contributed by atoms with Crippen LogP contribution in [0.1, 0.15) is 41.4 Å². The third-order valence-electron chi connectivity index (χ3n) is 4.07. The highest BCUT2D eigenvalue weighted by molar-refractivity contribution is 6.24. The van der Waals surface area contributed by atoms with Crippen molar-refractivity contribution in [1.82, 2.24) is 5.32 Å². The lowest BCUT2D eigenvalue weighted by atomic mass is 9.89. The molecule has 2 rings (SSSR count). The van der Waals surface area contributed by atoms with E-state index in [-0.39, 0.29) is 12.2 Å². The summed E-state index contributed by atoms with van der Waals surface area (Å²) >= 11 is 0. The topological polar surface area (TPSA) is 214 Å². The molecule has 160 valence electrons. The average Bonchev–Trinajstić information content (AvgIpc) is 2.67. The third kappa shape index (κ3) is 4.46. The van der Waals surface area contributed by atoms with Crippen molar-refractivity contribution in [3.8, 4) is 0 Å². The Morgan fingerprint density at radius 3 is 1.87 bits per heavy atom. The van der Waals surface area contributed by atoms with Crippen LogP contribution in [0.2, 0.25) is 0 Å². The molecule has 0 saturated carbocycles. The number of anilines is 1. The van der Waals surface area contributed by atoms with Gasteiger partial charge in [-0.15, -0.1) is 0 Å². The summed E-state index contributed by atoms with van der Waals surface area (Å²) in [5.74, 6) is -5.69. The van der Waals surface area contributed by atoms with Gasteiger partial charge in [-0.2, -0.15) is 0 Å². The Labute approximate surface area is 168 Å². The molecule has 0 heterocycles. The summed E-state index contributed by atoms with van der Waals surface area (Å²) in [6, 6.07) is 2.79. The molecule has 0 bridgehead atoms. The fourth-order valence-corrected chi connectivity index (χ4v) is 2.93. The van der Waals surface area contributed by atoms with Crippen molar-refractivity contribution in [3.05, 3.63) is 40.5 Å². The maximum Gasteiger partial charge on any atom is 0.336 e. The number of benzene rings is 2. The molecular formula is C18H18N2O10. The number of nitrogens with one attached hydrogen (secondary N) is 2. The number of carbonyl (C=O) groups is 4. The molecule has 2 aromatic carbocycles. The van der Waals surface area contributed by atoms with Crippen LogP contribution in [-0.2, 0) is 0 Å². The highest BCUT2D eigenvalue weighted by Gasteiger charge is 2.28. The normalized spacial score (nSPS) is 10.8. The van der Waals surface area contributed by atoms with Crippen LogP contribution in [0.5, 0.6) is 0 Å². The van der Waals surface area contributed by atoms with Gasteiger partial charge in [0.15, 0.2) is 6.29 Å². The monoisotopic (exact) mass is 422 g/mol. The first kappa shape index (κ1) is 22.5. The van der Waals surface area contributed by atoms with Crippen molar-refractivity contribution < 1.29 is 49.8 Å². The van der Waals surface area contributed by atoms with Crippen LogP contribution in [-0.4, -0.2) is 80.4 Å². The summed E-state index contributed by atoms with van der Waals surface area (Å²) in [6.07, 6.45) is -1.93. The van der Waals surface area contributed by atoms with Crippen molar-refractivity contribution in [3.63, 3.8) is 0 Å². The summed E-state index contributed by atoms with van der Waals surface area (Å²) in [5.41, 5.74) is -2.28. The number of aromatic carboxylic acids is 3. The van der Waals surface area contributed by atoms with Crippen LogP contribution in [0.15, 0.2) is 18.2 Å². The Morgan fingerprint density at radius 1 is 0.867 bits per heavy atom. The summed E-state index contributed by atoms with van der Waals surface area (Å²) in [4.78, 5) is 48.0. The molecule has 0 aliphatic carbocycles. The number of carboxylic acids is 3. The first-order chi connectivity index (χ1) is 14.1. The van der Waals surface area contributed by atoms with E-state index in [1.165, 1.54) is 0 Å². The molecule has 0 fully saturated rings. The molecule has 8 N–H and O–H groups in total. The minimum atomic E-state index is -1.93. The van der Waals surface area contributed by atoms with Gasteiger partial charge < -0.3 is 41.3 Å². The molecule has 0 spiro atoms. The molecule has 0 aliphatic heterocycles. The smallest absolute Gasteiger partial charge is 0.336 e. The number of amides is 1. The second kappa shape index (κ2) is 9.17. The van der Waals surface area contributed by atoms with Gasteiger partial charge in [-0.3, -0.25) is 4.79 Å². The number of rotatable bonds is 9. The fraction of sp³-hybridized carbons (Fsp3) is 0.222. The summed E-state index contributed by atoms with van der Waals surface area (Å²) < 4.78 is 0. The molecule has 12 nitrogen and oxygen atoms in total. The molecular weight excluding hydrogens is 404 g/mol. The quantitative estimate of drug-likeness (QED) is 0.238. The molecule has 0 atom stereocenters. The van der Waals surface area contributed by atoms with Crippen molar-refractivity contribution in [1.29, 1.82) is 0 Å². The van der Waals surface area contributed by atoms with Gasteiger partial charge in [-0.25, -0.2) is 14.4 Å². The Balaban J connectivity index is 3.04. The minimum Gasteiger partial charge on any atom is -0.478 e. The largest absolute Gasteiger partial charge is 0.478 e. The van der Waals surface area contributed by atoms with E-state index < -0.39 is 76.3 Å². The number of carboxylic acid groups (broad SMARTS) is 3. The van der Waals surface area contributed by atoms with Gasteiger partial charge in [0.25, 0.3) is 5.91 Å². The number of aliphatic hydroxyl groups is 3. The lowest BCUT2D eigenvalue weighted by molar-refractivity contribution is -0.0361. The number of hydrogen-bond donors (Lipinski definition) is 8. The third-order valence-corrected chi connectivity index (χ3v) is 4.07.